The minimum absolute atomic E-state index is 0.0374. The van der Waals surface area contributed by atoms with Crippen molar-refractivity contribution >= 4 is 11.8 Å². The van der Waals surface area contributed by atoms with E-state index in [4.69, 9.17) is 4.52 Å². The number of nitrogens with one attached hydrogen (secondary N) is 1. The van der Waals surface area contributed by atoms with Crippen LogP contribution in [0.25, 0.3) is 0 Å². The second-order valence-corrected chi connectivity index (χ2v) is 4.59. The molecule has 2 amide bonds. The van der Waals surface area contributed by atoms with E-state index >= 15 is 0 Å². The number of nitrogens with zero attached hydrogens (tertiary/aromatic N) is 3. The van der Waals surface area contributed by atoms with E-state index in [9.17, 15) is 9.59 Å². The summed E-state index contributed by atoms with van der Waals surface area (Å²) >= 11 is 0. The summed E-state index contributed by atoms with van der Waals surface area (Å²) in [6.45, 7) is 4.56. The van der Waals surface area contributed by atoms with Gasteiger partial charge in [0.25, 0.3) is 0 Å². The van der Waals surface area contributed by atoms with Gasteiger partial charge in [0.05, 0.1) is 0 Å². The van der Waals surface area contributed by atoms with Gasteiger partial charge >= 0.3 is 0 Å². The highest BCUT2D eigenvalue weighted by Gasteiger charge is 2.28. The molecule has 7 heteroatoms. The Hall–Kier alpha value is -1.92. The van der Waals surface area contributed by atoms with E-state index in [1.54, 1.807) is 11.8 Å². The van der Waals surface area contributed by atoms with E-state index in [-0.39, 0.29) is 11.8 Å². The Morgan fingerprint density at radius 3 is 2.89 bits per heavy atom. The largest absolute Gasteiger partial charge is 0.344 e. The van der Waals surface area contributed by atoms with Crippen LogP contribution in [-0.4, -0.2) is 46.0 Å². The highest BCUT2D eigenvalue weighted by atomic mass is 16.5. The van der Waals surface area contributed by atoms with Crippen LogP contribution in [0.15, 0.2) is 4.52 Å². The second-order valence-electron chi connectivity index (χ2n) is 4.59. The third kappa shape index (κ3) is 3.30. The van der Waals surface area contributed by atoms with Gasteiger partial charge in [0, 0.05) is 25.9 Å². The molecule has 7 nitrogen and oxygen atoms in total. The van der Waals surface area contributed by atoms with Gasteiger partial charge in [0.15, 0.2) is 5.82 Å². The lowest BCUT2D eigenvalue weighted by Crippen LogP contribution is -2.44. The van der Waals surface area contributed by atoms with Crippen LogP contribution in [0.4, 0.5) is 0 Å². The maximum Gasteiger partial charge on any atom is 0.245 e. The lowest BCUT2D eigenvalue weighted by molar-refractivity contribution is -0.133. The zero-order chi connectivity index (χ0) is 13.8. The molecule has 0 bridgehead atoms. The van der Waals surface area contributed by atoms with Gasteiger partial charge in [0.1, 0.15) is 6.04 Å². The summed E-state index contributed by atoms with van der Waals surface area (Å²) in [5, 5.41) is 6.43. The number of carbonyl (C=O) groups is 2. The highest BCUT2D eigenvalue weighted by Crippen LogP contribution is 2.08. The monoisotopic (exact) mass is 266 g/mol. The van der Waals surface area contributed by atoms with Crippen molar-refractivity contribution in [3.8, 4) is 0 Å². The van der Waals surface area contributed by atoms with Crippen LogP contribution in [-0.2, 0) is 16.0 Å². The summed E-state index contributed by atoms with van der Waals surface area (Å²) in [5.41, 5.74) is 0. The average molecular weight is 266 g/mol. The van der Waals surface area contributed by atoms with Crippen LogP contribution in [0.1, 0.15) is 31.5 Å². The van der Waals surface area contributed by atoms with Crippen molar-refractivity contribution in [2.75, 3.05) is 13.1 Å². The standard InChI is InChI=1S/C12H18N4O3/c1-3-9-12(18)16(6-4-10(17)14-9)7-5-11-13-8(2)15-19-11/h9H,3-7H2,1-2H3,(H,14,17). The minimum atomic E-state index is -0.417. The van der Waals surface area contributed by atoms with Gasteiger partial charge in [-0.05, 0) is 13.3 Å². The van der Waals surface area contributed by atoms with Crippen LogP contribution < -0.4 is 5.32 Å². The first kappa shape index (κ1) is 13.5. The lowest BCUT2D eigenvalue weighted by Gasteiger charge is -2.22. The van der Waals surface area contributed by atoms with Crippen molar-refractivity contribution in [3.05, 3.63) is 11.7 Å². The lowest BCUT2D eigenvalue weighted by atomic mass is 10.2. The third-order valence-corrected chi connectivity index (χ3v) is 3.13. The molecule has 0 saturated carbocycles. The molecule has 0 aromatic carbocycles. The maximum atomic E-state index is 12.2. The van der Waals surface area contributed by atoms with Crippen molar-refractivity contribution in [2.45, 2.75) is 39.2 Å². The van der Waals surface area contributed by atoms with Gasteiger partial charge in [-0.25, -0.2) is 0 Å². The number of amides is 2. The summed E-state index contributed by atoms with van der Waals surface area (Å²) in [7, 11) is 0. The fourth-order valence-electron chi connectivity index (χ4n) is 2.07. The topological polar surface area (TPSA) is 88.3 Å². The summed E-state index contributed by atoms with van der Waals surface area (Å²) < 4.78 is 5.01. The SMILES string of the molecule is CCC1NC(=O)CCN(CCc2nc(C)no2)C1=O. The van der Waals surface area contributed by atoms with E-state index in [2.05, 4.69) is 15.5 Å². The fraction of sp³-hybridized carbons (Fsp3) is 0.667. The Morgan fingerprint density at radius 2 is 2.26 bits per heavy atom. The molecule has 0 aliphatic carbocycles. The first-order valence-electron chi connectivity index (χ1n) is 6.47. The van der Waals surface area contributed by atoms with Gasteiger partial charge < -0.3 is 14.7 Å². The van der Waals surface area contributed by atoms with E-state index in [0.717, 1.165) is 0 Å². The Bertz CT molecular complexity index is 471. The molecule has 1 aromatic rings. The van der Waals surface area contributed by atoms with Gasteiger partial charge in [-0.15, -0.1) is 0 Å². The van der Waals surface area contributed by atoms with Crippen molar-refractivity contribution < 1.29 is 14.1 Å². The van der Waals surface area contributed by atoms with Gasteiger partial charge in [-0.1, -0.05) is 12.1 Å². The number of carbonyl (C=O) groups excluding carboxylic acids is 2. The molecule has 19 heavy (non-hydrogen) atoms. The van der Waals surface area contributed by atoms with Crippen LogP contribution in [0.3, 0.4) is 0 Å². The molecule has 2 heterocycles. The number of rotatable bonds is 4. The maximum absolute atomic E-state index is 12.2. The first-order valence-corrected chi connectivity index (χ1v) is 6.47. The number of aryl methyl sites for hydroxylation is 1. The summed E-state index contributed by atoms with van der Waals surface area (Å²) in [4.78, 5) is 29.5. The van der Waals surface area contributed by atoms with E-state index in [1.165, 1.54) is 0 Å². The average Bonchev–Trinajstić information content (AvgIpc) is 2.75. The van der Waals surface area contributed by atoms with Gasteiger partial charge in [-0.2, -0.15) is 4.98 Å². The van der Waals surface area contributed by atoms with E-state index in [0.29, 0.717) is 44.1 Å². The Morgan fingerprint density at radius 1 is 1.47 bits per heavy atom. The predicted molar refractivity (Wildman–Crippen MR) is 66.2 cm³/mol. The fourth-order valence-corrected chi connectivity index (χ4v) is 2.07. The van der Waals surface area contributed by atoms with Crippen molar-refractivity contribution in [2.24, 2.45) is 0 Å². The quantitative estimate of drug-likeness (QED) is 0.831. The zero-order valence-corrected chi connectivity index (χ0v) is 11.2. The molecule has 1 saturated heterocycles. The molecule has 0 spiro atoms. The van der Waals surface area contributed by atoms with Crippen LogP contribution >= 0.6 is 0 Å². The van der Waals surface area contributed by atoms with Crippen molar-refractivity contribution in [1.82, 2.24) is 20.4 Å². The van der Waals surface area contributed by atoms with Crippen LogP contribution in [0.5, 0.6) is 0 Å². The normalized spacial score (nSPS) is 20.3. The first-order chi connectivity index (χ1) is 9.10. The minimum Gasteiger partial charge on any atom is -0.344 e. The Labute approximate surface area is 111 Å². The summed E-state index contributed by atoms with van der Waals surface area (Å²) in [5.74, 6) is 0.989. The molecule has 0 radical (unpaired) electrons. The van der Waals surface area contributed by atoms with Crippen molar-refractivity contribution in [1.29, 1.82) is 0 Å². The van der Waals surface area contributed by atoms with Crippen LogP contribution in [0, 0.1) is 6.92 Å². The van der Waals surface area contributed by atoms with E-state index in [1.807, 2.05) is 6.92 Å². The highest BCUT2D eigenvalue weighted by molar-refractivity contribution is 5.89. The van der Waals surface area contributed by atoms with Gasteiger partial charge in [0.2, 0.25) is 17.7 Å². The van der Waals surface area contributed by atoms with Crippen LogP contribution in [0.2, 0.25) is 0 Å². The predicted octanol–water partition coefficient (Wildman–Crippen LogP) is 0.0476. The summed E-state index contributed by atoms with van der Waals surface area (Å²) in [6.07, 6.45) is 1.45. The number of aromatic nitrogens is 2. The number of hydrogen-bond acceptors (Lipinski definition) is 5. The van der Waals surface area contributed by atoms with Crippen molar-refractivity contribution in [3.63, 3.8) is 0 Å². The molecule has 1 aliphatic heterocycles. The Kier molecular flexibility index (Phi) is 4.13. The van der Waals surface area contributed by atoms with E-state index < -0.39 is 6.04 Å². The molecule has 1 atom stereocenters. The molecule has 1 aromatic heterocycles. The molecule has 2 rings (SSSR count). The molecule has 1 aliphatic rings. The molecular formula is C12H18N4O3. The smallest absolute Gasteiger partial charge is 0.245 e. The number of hydrogen-bond donors (Lipinski definition) is 1. The Balaban J connectivity index is 1.97. The molecule has 1 N–H and O–H groups in total. The molecular weight excluding hydrogens is 248 g/mol. The molecule has 1 fully saturated rings. The molecule has 104 valence electrons. The third-order valence-electron chi connectivity index (χ3n) is 3.13. The van der Waals surface area contributed by atoms with Gasteiger partial charge in [-0.3, -0.25) is 9.59 Å². The second kappa shape index (κ2) is 5.81. The zero-order valence-electron chi connectivity index (χ0n) is 11.2. The molecule has 1 unspecified atom stereocenters. The summed E-state index contributed by atoms with van der Waals surface area (Å²) in [6, 6.07) is -0.417.